The molecule has 0 aliphatic heterocycles. The summed E-state index contributed by atoms with van der Waals surface area (Å²) >= 11 is 0. The topological polar surface area (TPSA) is 18.5 Å². The molecule has 0 fully saturated rings. The Hall–Kier alpha value is -4.04. The summed E-state index contributed by atoms with van der Waals surface area (Å²) in [5, 5.41) is 0. The van der Waals surface area contributed by atoms with Gasteiger partial charge in [-0.1, -0.05) is 90.5 Å². The first-order chi connectivity index (χ1) is 19.8. The second-order valence-electron chi connectivity index (χ2n) is 11.9. The van der Waals surface area contributed by atoms with Crippen molar-refractivity contribution in [3.63, 3.8) is 0 Å². The van der Waals surface area contributed by atoms with Gasteiger partial charge in [0.1, 0.15) is 24.7 Å². The van der Waals surface area contributed by atoms with Crippen molar-refractivity contribution in [1.29, 1.82) is 0 Å². The number of aryl methyl sites for hydroxylation is 2. The third kappa shape index (κ3) is 3.84. The summed E-state index contributed by atoms with van der Waals surface area (Å²) in [5.41, 5.74) is 14.5. The van der Waals surface area contributed by atoms with Crippen LogP contribution in [0.25, 0.3) is 0 Å². The van der Waals surface area contributed by atoms with Crippen molar-refractivity contribution in [2.45, 2.75) is 63.6 Å². The van der Waals surface area contributed by atoms with Crippen molar-refractivity contribution >= 4 is 0 Å². The number of ether oxygens (including phenoxy) is 2. The van der Waals surface area contributed by atoms with E-state index in [1.54, 1.807) is 11.1 Å². The van der Waals surface area contributed by atoms with Gasteiger partial charge >= 0.3 is 0 Å². The first-order valence-corrected chi connectivity index (χ1v) is 14.8. The summed E-state index contributed by atoms with van der Waals surface area (Å²) < 4.78 is 13.3. The molecule has 0 bridgehead atoms. The molecule has 0 heterocycles. The van der Waals surface area contributed by atoms with Crippen molar-refractivity contribution in [3.8, 4) is 11.5 Å². The van der Waals surface area contributed by atoms with E-state index in [1.165, 1.54) is 57.4 Å². The Labute approximate surface area is 237 Å². The van der Waals surface area contributed by atoms with Crippen molar-refractivity contribution in [3.05, 3.63) is 153 Å². The van der Waals surface area contributed by atoms with Crippen LogP contribution < -0.4 is 9.47 Å². The first-order valence-electron chi connectivity index (χ1n) is 14.8. The second-order valence-corrected chi connectivity index (χ2v) is 11.9. The molecule has 1 unspecified atom stereocenters. The maximum atomic E-state index is 6.65. The van der Waals surface area contributed by atoms with E-state index >= 15 is 0 Å². The predicted octanol–water partition coefficient (Wildman–Crippen LogP) is 8.38. The van der Waals surface area contributed by atoms with E-state index in [9.17, 15) is 0 Å². The summed E-state index contributed by atoms with van der Waals surface area (Å²) in [7, 11) is 0. The Morgan fingerprint density at radius 3 is 1.73 bits per heavy atom. The molecule has 198 valence electrons. The fraction of sp³-hybridized carbons (Fsp3) is 0.263. The van der Waals surface area contributed by atoms with Crippen LogP contribution in [0.3, 0.4) is 0 Å². The van der Waals surface area contributed by atoms with E-state index in [2.05, 4.69) is 97.1 Å². The van der Waals surface area contributed by atoms with E-state index in [0.29, 0.717) is 13.2 Å². The molecule has 40 heavy (non-hydrogen) atoms. The Kier molecular flexibility index (Phi) is 5.69. The highest BCUT2D eigenvalue weighted by Crippen LogP contribution is 2.58. The Morgan fingerprint density at radius 2 is 1.15 bits per heavy atom. The largest absolute Gasteiger partial charge is 0.489 e. The van der Waals surface area contributed by atoms with Gasteiger partial charge in [-0.3, -0.25) is 0 Å². The minimum Gasteiger partial charge on any atom is -0.489 e. The van der Waals surface area contributed by atoms with Gasteiger partial charge in [-0.2, -0.15) is 0 Å². The van der Waals surface area contributed by atoms with Crippen LogP contribution >= 0.6 is 0 Å². The van der Waals surface area contributed by atoms with Crippen LogP contribution in [0.5, 0.6) is 11.5 Å². The molecule has 0 radical (unpaired) electrons. The van der Waals surface area contributed by atoms with Gasteiger partial charge in [0.05, 0.1) is 0 Å². The number of rotatable bonds is 6. The zero-order valence-electron chi connectivity index (χ0n) is 22.9. The van der Waals surface area contributed by atoms with E-state index in [0.717, 1.165) is 43.6 Å². The third-order valence-corrected chi connectivity index (χ3v) is 9.68. The Morgan fingerprint density at radius 1 is 0.600 bits per heavy atom. The number of hydrogen-bond donors (Lipinski definition) is 0. The molecule has 4 aromatic rings. The lowest BCUT2D eigenvalue weighted by Gasteiger charge is -2.32. The van der Waals surface area contributed by atoms with Crippen LogP contribution in [0.15, 0.2) is 108 Å². The van der Waals surface area contributed by atoms with Gasteiger partial charge in [-0.15, -0.1) is 0 Å². The van der Waals surface area contributed by atoms with E-state index in [4.69, 9.17) is 9.47 Å². The van der Waals surface area contributed by atoms with Crippen LogP contribution in [0.1, 0.15) is 63.8 Å². The summed E-state index contributed by atoms with van der Waals surface area (Å²) in [6.07, 6.45) is 12.3. The molecule has 1 spiro atoms. The number of benzene rings is 4. The lowest BCUT2D eigenvalue weighted by atomic mass is 9.72. The molecular weight excluding hydrogens is 488 g/mol. The van der Waals surface area contributed by atoms with Gasteiger partial charge in [-0.05, 0) is 89.6 Å². The highest BCUT2D eigenvalue weighted by Gasteiger charge is 2.49. The molecule has 0 saturated carbocycles. The quantitative estimate of drug-likeness (QED) is 0.253. The first kappa shape index (κ1) is 23.8. The van der Waals surface area contributed by atoms with E-state index in [-0.39, 0.29) is 5.41 Å². The summed E-state index contributed by atoms with van der Waals surface area (Å²) in [6.45, 7) is 1.20. The Balaban J connectivity index is 1.28. The van der Waals surface area contributed by atoms with Gasteiger partial charge in [0.2, 0.25) is 0 Å². The van der Waals surface area contributed by atoms with Crippen molar-refractivity contribution in [2.75, 3.05) is 0 Å². The predicted molar refractivity (Wildman–Crippen MR) is 160 cm³/mol. The normalized spacial score (nSPS) is 19.9. The average molecular weight is 523 g/mol. The molecule has 4 aliphatic rings. The van der Waals surface area contributed by atoms with Crippen LogP contribution in [0.4, 0.5) is 0 Å². The zero-order valence-corrected chi connectivity index (χ0v) is 22.9. The van der Waals surface area contributed by atoms with Crippen molar-refractivity contribution < 1.29 is 9.47 Å². The van der Waals surface area contributed by atoms with Gasteiger partial charge in [0.25, 0.3) is 0 Å². The second kappa shape index (κ2) is 9.55. The fourth-order valence-electron chi connectivity index (χ4n) is 7.87. The third-order valence-electron chi connectivity index (χ3n) is 9.68. The standard InChI is InChI=1S/C38H34O2/c1-3-8-26(9-4-1)24-39-34-16-14-28-18-20-38-21-19-29-15-17-35(40-25-27-10-5-2-6-11-27)33(37(29)38)23-31-13-7-12-30(31)22-32(34)36(28)38/h1-12,14-17H,13,18-25H2. The van der Waals surface area contributed by atoms with E-state index < -0.39 is 0 Å². The van der Waals surface area contributed by atoms with Gasteiger partial charge in [0, 0.05) is 23.0 Å². The smallest absolute Gasteiger partial charge is 0.123 e. The molecule has 4 aliphatic carbocycles. The lowest BCUT2D eigenvalue weighted by molar-refractivity contribution is 0.301. The molecule has 0 aromatic heterocycles. The SMILES string of the molecule is C1=CC2=C(C1)Cc1c(OCc3ccccc3)ccc3c1C1(CCc4ccc(OCc5ccccc5)c(c41)C2)CC3. The van der Waals surface area contributed by atoms with Crippen LogP contribution in [0.2, 0.25) is 0 Å². The molecule has 0 N–H and O–H groups in total. The number of hydrogen-bond acceptors (Lipinski definition) is 2. The maximum absolute atomic E-state index is 6.65. The highest BCUT2D eigenvalue weighted by molar-refractivity contribution is 5.66. The minimum atomic E-state index is 0.0526. The molecule has 0 saturated heterocycles. The zero-order chi connectivity index (χ0) is 26.5. The Bertz CT molecular complexity index is 1660. The maximum Gasteiger partial charge on any atom is 0.123 e. The average Bonchev–Trinajstić information content (AvgIpc) is 3.71. The molecular formula is C38H34O2. The summed E-state index contributed by atoms with van der Waals surface area (Å²) in [4.78, 5) is 0. The van der Waals surface area contributed by atoms with Crippen LogP contribution in [-0.4, -0.2) is 0 Å². The number of allylic oxidation sites excluding steroid dienone is 4. The fourth-order valence-corrected chi connectivity index (χ4v) is 7.87. The summed E-state index contributed by atoms with van der Waals surface area (Å²) in [5.74, 6) is 2.13. The van der Waals surface area contributed by atoms with Crippen molar-refractivity contribution in [1.82, 2.24) is 0 Å². The monoisotopic (exact) mass is 522 g/mol. The van der Waals surface area contributed by atoms with Gasteiger partial charge in [-0.25, -0.2) is 0 Å². The summed E-state index contributed by atoms with van der Waals surface area (Å²) in [6, 6.07) is 30.3. The van der Waals surface area contributed by atoms with Crippen LogP contribution in [-0.2, 0) is 44.3 Å². The molecule has 4 aromatic carbocycles. The van der Waals surface area contributed by atoms with Gasteiger partial charge < -0.3 is 9.47 Å². The van der Waals surface area contributed by atoms with Crippen molar-refractivity contribution in [2.24, 2.45) is 0 Å². The molecule has 2 nitrogen and oxygen atoms in total. The van der Waals surface area contributed by atoms with E-state index in [1.807, 2.05) is 0 Å². The van der Waals surface area contributed by atoms with Gasteiger partial charge in [0.15, 0.2) is 0 Å². The lowest BCUT2D eigenvalue weighted by Crippen LogP contribution is -2.25. The van der Waals surface area contributed by atoms with Crippen LogP contribution in [0, 0.1) is 0 Å². The molecule has 0 amide bonds. The molecule has 8 rings (SSSR count). The molecule has 1 atom stereocenters. The highest BCUT2D eigenvalue weighted by atomic mass is 16.5. The minimum absolute atomic E-state index is 0.0526. The molecule has 2 heteroatoms.